The molecule has 0 unspecified atom stereocenters. The fourth-order valence-electron chi connectivity index (χ4n) is 3.45. The van der Waals surface area contributed by atoms with Crippen LogP contribution in [0, 0.1) is 0 Å². The molecule has 5 nitrogen and oxygen atoms in total. The van der Waals surface area contributed by atoms with E-state index in [2.05, 4.69) is 5.32 Å². The monoisotopic (exact) mass is 407 g/mol. The van der Waals surface area contributed by atoms with Gasteiger partial charge in [0.2, 0.25) is 0 Å². The molecule has 2 atom stereocenters. The minimum atomic E-state index is -3.72. The first kappa shape index (κ1) is 20.0. The Balaban J connectivity index is 1.76. The SMILES string of the molecule is CCc1ccc(S(=O)(=O)[C@@H]2CS(=O)(=O)C[C@H]2NCCc2ccccc2)cc1. The van der Waals surface area contributed by atoms with Gasteiger partial charge in [0, 0.05) is 6.04 Å². The summed E-state index contributed by atoms with van der Waals surface area (Å²) in [5.74, 6) is -0.466. The third kappa shape index (κ3) is 4.78. The molecule has 1 saturated heterocycles. The number of hydrogen-bond acceptors (Lipinski definition) is 5. The van der Waals surface area contributed by atoms with Gasteiger partial charge in [-0.25, -0.2) is 16.8 Å². The number of aryl methyl sites for hydroxylation is 1. The highest BCUT2D eigenvalue weighted by Crippen LogP contribution is 2.26. The Kier molecular flexibility index (Phi) is 6.03. The summed E-state index contributed by atoms with van der Waals surface area (Å²) in [6.07, 6.45) is 1.54. The molecule has 3 rings (SSSR count). The Bertz CT molecular complexity index is 968. The van der Waals surface area contributed by atoms with Crippen LogP contribution in [0.4, 0.5) is 0 Å². The van der Waals surface area contributed by atoms with Gasteiger partial charge in [-0.15, -0.1) is 0 Å². The molecule has 0 spiro atoms. The van der Waals surface area contributed by atoms with Crippen molar-refractivity contribution in [2.45, 2.75) is 36.0 Å². The van der Waals surface area contributed by atoms with E-state index in [-0.39, 0.29) is 16.4 Å². The molecule has 0 aliphatic carbocycles. The number of benzene rings is 2. The highest BCUT2D eigenvalue weighted by atomic mass is 32.2. The zero-order valence-electron chi connectivity index (χ0n) is 15.3. The van der Waals surface area contributed by atoms with E-state index in [4.69, 9.17) is 0 Å². The van der Waals surface area contributed by atoms with Gasteiger partial charge in [0.1, 0.15) is 0 Å². The van der Waals surface area contributed by atoms with Gasteiger partial charge in [-0.05, 0) is 42.6 Å². The van der Waals surface area contributed by atoms with Crippen LogP contribution in [-0.4, -0.2) is 46.2 Å². The Hall–Kier alpha value is -1.70. The molecule has 1 fully saturated rings. The predicted molar refractivity (Wildman–Crippen MR) is 107 cm³/mol. The Morgan fingerprint density at radius 3 is 2.26 bits per heavy atom. The van der Waals surface area contributed by atoms with Crippen LogP contribution in [-0.2, 0) is 32.5 Å². The molecule has 1 aliphatic rings. The average molecular weight is 408 g/mol. The molecule has 1 N–H and O–H groups in total. The first-order chi connectivity index (χ1) is 12.8. The molecule has 0 aromatic heterocycles. The molecule has 2 aromatic rings. The van der Waals surface area contributed by atoms with Crippen molar-refractivity contribution < 1.29 is 16.8 Å². The van der Waals surface area contributed by atoms with Crippen LogP contribution in [0.15, 0.2) is 59.5 Å². The van der Waals surface area contributed by atoms with E-state index in [9.17, 15) is 16.8 Å². The van der Waals surface area contributed by atoms with Gasteiger partial charge in [-0.3, -0.25) is 0 Å². The van der Waals surface area contributed by atoms with E-state index in [0.29, 0.717) is 6.54 Å². The van der Waals surface area contributed by atoms with Crippen LogP contribution >= 0.6 is 0 Å². The van der Waals surface area contributed by atoms with Crippen molar-refractivity contribution in [3.05, 3.63) is 65.7 Å². The van der Waals surface area contributed by atoms with E-state index >= 15 is 0 Å². The molecule has 0 bridgehead atoms. The summed E-state index contributed by atoms with van der Waals surface area (Å²) in [4.78, 5) is 0.191. The molecular weight excluding hydrogens is 382 g/mol. The number of hydrogen-bond donors (Lipinski definition) is 1. The van der Waals surface area contributed by atoms with Crippen molar-refractivity contribution in [1.29, 1.82) is 0 Å². The summed E-state index contributed by atoms with van der Waals surface area (Å²) in [5, 5.41) is 2.22. The smallest absolute Gasteiger partial charge is 0.183 e. The molecule has 1 aliphatic heterocycles. The van der Waals surface area contributed by atoms with Gasteiger partial charge in [-0.1, -0.05) is 49.4 Å². The Morgan fingerprint density at radius 2 is 1.63 bits per heavy atom. The summed E-state index contributed by atoms with van der Waals surface area (Å²) in [6, 6.07) is 16.0. The van der Waals surface area contributed by atoms with Crippen LogP contribution in [0.25, 0.3) is 0 Å². The van der Waals surface area contributed by atoms with Crippen molar-refractivity contribution >= 4 is 19.7 Å². The van der Waals surface area contributed by atoms with Crippen molar-refractivity contribution in [2.24, 2.45) is 0 Å². The lowest BCUT2D eigenvalue weighted by Gasteiger charge is -2.20. The maximum atomic E-state index is 13.1. The van der Waals surface area contributed by atoms with Gasteiger partial charge < -0.3 is 5.32 Å². The topological polar surface area (TPSA) is 80.3 Å². The van der Waals surface area contributed by atoms with Crippen molar-refractivity contribution in [3.63, 3.8) is 0 Å². The number of nitrogens with one attached hydrogen (secondary N) is 1. The van der Waals surface area contributed by atoms with Gasteiger partial charge >= 0.3 is 0 Å². The lowest BCUT2D eigenvalue weighted by molar-refractivity contribution is 0.528. The normalized spacial score (nSPS) is 22.0. The molecule has 0 amide bonds. The fraction of sp³-hybridized carbons (Fsp3) is 0.400. The minimum Gasteiger partial charge on any atom is -0.311 e. The van der Waals surface area contributed by atoms with Crippen molar-refractivity contribution in [2.75, 3.05) is 18.1 Å². The minimum absolute atomic E-state index is 0.140. The summed E-state index contributed by atoms with van der Waals surface area (Å²) in [7, 11) is -7.11. The van der Waals surface area contributed by atoms with E-state index in [1.807, 2.05) is 37.3 Å². The highest BCUT2D eigenvalue weighted by molar-refractivity contribution is 7.96. The zero-order valence-corrected chi connectivity index (χ0v) is 17.0. The average Bonchev–Trinajstić information content (AvgIpc) is 2.98. The molecule has 27 heavy (non-hydrogen) atoms. The molecule has 7 heteroatoms. The van der Waals surface area contributed by atoms with E-state index < -0.39 is 31.0 Å². The lowest BCUT2D eigenvalue weighted by atomic mass is 10.1. The van der Waals surface area contributed by atoms with Crippen molar-refractivity contribution in [3.8, 4) is 0 Å². The third-order valence-corrected chi connectivity index (χ3v) is 9.19. The second kappa shape index (κ2) is 8.12. The van der Waals surface area contributed by atoms with Gasteiger partial charge in [-0.2, -0.15) is 0 Å². The molecule has 0 saturated carbocycles. The third-order valence-electron chi connectivity index (χ3n) is 5.02. The summed E-state index contributed by atoms with van der Waals surface area (Å²) >= 11 is 0. The van der Waals surface area contributed by atoms with E-state index in [0.717, 1.165) is 24.0 Å². The fourth-order valence-corrected chi connectivity index (χ4v) is 8.16. The molecule has 0 radical (unpaired) electrons. The Labute approximate surface area is 161 Å². The van der Waals surface area contributed by atoms with Crippen LogP contribution < -0.4 is 5.32 Å². The molecule has 146 valence electrons. The van der Waals surface area contributed by atoms with Crippen LogP contribution in [0.3, 0.4) is 0 Å². The van der Waals surface area contributed by atoms with Crippen LogP contribution in [0.2, 0.25) is 0 Å². The number of rotatable bonds is 7. The van der Waals surface area contributed by atoms with Crippen LogP contribution in [0.1, 0.15) is 18.1 Å². The Morgan fingerprint density at radius 1 is 0.963 bits per heavy atom. The second-order valence-corrected chi connectivity index (χ2v) is 11.3. The zero-order chi connectivity index (χ0) is 19.5. The first-order valence-corrected chi connectivity index (χ1v) is 12.5. The van der Waals surface area contributed by atoms with Crippen molar-refractivity contribution in [1.82, 2.24) is 5.32 Å². The van der Waals surface area contributed by atoms with E-state index in [1.165, 1.54) is 0 Å². The maximum Gasteiger partial charge on any atom is 0.183 e. The summed E-state index contributed by atoms with van der Waals surface area (Å²) in [6.45, 7) is 2.53. The maximum absolute atomic E-state index is 13.1. The molecular formula is C20H25NO4S2. The van der Waals surface area contributed by atoms with Gasteiger partial charge in [0.05, 0.1) is 21.7 Å². The largest absolute Gasteiger partial charge is 0.311 e. The molecule has 2 aromatic carbocycles. The quantitative estimate of drug-likeness (QED) is 0.760. The first-order valence-electron chi connectivity index (χ1n) is 9.12. The second-order valence-electron chi connectivity index (χ2n) is 6.95. The molecule has 1 heterocycles. The predicted octanol–water partition coefficient (Wildman–Crippen LogP) is 2.02. The lowest BCUT2D eigenvalue weighted by Crippen LogP contribution is -2.44. The standard InChI is InChI=1S/C20H25NO4S2/c1-2-16-8-10-18(11-9-16)27(24,25)20-15-26(22,23)14-19(20)21-13-12-17-6-4-3-5-7-17/h3-11,19-21H,2,12-15H2,1H3/t19-,20-/m1/s1. The van der Waals surface area contributed by atoms with Gasteiger partial charge in [0.25, 0.3) is 0 Å². The highest BCUT2D eigenvalue weighted by Gasteiger charge is 2.45. The summed E-state index contributed by atoms with van der Waals surface area (Å²) < 4.78 is 50.4. The van der Waals surface area contributed by atoms with Gasteiger partial charge in [0.15, 0.2) is 19.7 Å². The summed E-state index contributed by atoms with van der Waals surface area (Å²) in [5.41, 5.74) is 2.17. The van der Waals surface area contributed by atoms with Crippen LogP contribution in [0.5, 0.6) is 0 Å². The van der Waals surface area contributed by atoms with E-state index in [1.54, 1.807) is 24.3 Å². The number of sulfone groups is 2.